The van der Waals surface area contributed by atoms with Crippen molar-refractivity contribution in [1.82, 2.24) is 14.8 Å². The molecule has 0 aliphatic heterocycles. The van der Waals surface area contributed by atoms with Gasteiger partial charge < -0.3 is 10.1 Å². The summed E-state index contributed by atoms with van der Waals surface area (Å²) >= 11 is 0. The van der Waals surface area contributed by atoms with Crippen molar-refractivity contribution in [2.45, 2.75) is 13.8 Å². The lowest BCUT2D eigenvalue weighted by Gasteiger charge is -2.12. The molecular weight excluding hydrogens is 392 g/mol. The molecule has 2 aromatic carbocycles. The van der Waals surface area contributed by atoms with Gasteiger partial charge in [0.25, 0.3) is 5.91 Å². The van der Waals surface area contributed by atoms with E-state index in [0.29, 0.717) is 22.9 Å². The summed E-state index contributed by atoms with van der Waals surface area (Å²) in [5.41, 5.74) is 2.15. The first-order valence-corrected chi connectivity index (χ1v) is 9.67. The van der Waals surface area contributed by atoms with Crippen molar-refractivity contribution in [2.24, 2.45) is 0 Å². The molecule has 4 aromatic rings. The van der Waals surface area contributed by atoms with E-state index in [9.17, 15) is 9.59 Å². The normalized spacial score (nSPS) is 10.5. The first kappa shape index (κ1) is 20.0. The van der Waals surface area contributed by atoms with E-state index < -0.39 is 11.3 Å². The number of nitrogens with zero attached hydrogens (tertiary/aromatic N) is 3. The van der Waals surface area contributed by atoms with Crippen molar-refractivity contribution in [2.75, 3.05) is 5.32 Å². The number of aromatic nitrogens is 3. The zero-order valence-corrected chi connectivity index (χ0v) is 17.1. The molecule has 1 N–H and O–H groups in total. The minimum Gasteiger partial charge on any atom is -0.455 e. The maximum atomic E-state index is 12.8. The highest BCUT2D eigenvalue weighted by atomic mass is 16.5. The maximum absolute atomic E-state index is 12.8. The SMILES string of the molecule is Cc1cc(NC(=O)c2nn(-c3ccccc3)c(C)cc2=O)ccc1Oc1cccnc1. The quantitative estimate of drug-likeness (QED) is 0.528. The third-order valence-electron chi connectivity index (χ3n) is 4.62. The van der Waals surface area contributed by atoms with Gasteiger partial charge in [-0.15, -0.1) is 0 Å². The van der Waals surface area contributed by atoms with Gasteiger partial charge in [-0.1, -0.05) is 18.2 Å². The highest BCUT2D eigenvalue weighted by Crippen LogP contribution is 2.26. The molecule has 0 saturated carbocycles. The molecule has 2 heterocycles. The van der Waals surface area contributed by atoms with Gasteiger partial charge in [0.15, 0.2) is 5.69 Å². The molecule has 0 radical (unpaired) electrons. The highest BCUT2D eigenvalue weighted by Gasteiger charge is 2.16. The Kier molecular flexibility index (Phi) is 5.57. The second kappa shape index (κ2) is 8.62. The number of carbonyl (C=O) groups is 1. The van der Waals surface area contributed by atoms with Crippen molar-refractivity contribution < 1.29 is 9.53 Å². The zero-order valence-electron chi connectivity index (χ0n) is 17.1. The zero-order chi connectivity index (χ0) is 21.8. The lowest BCUT2D eigenvalue weighted by atomic mass is 10.2. The minimum absolute atomic E-state index is 0.178. The summed E-state index contributed by atoms with van der Waals surface area (Å²) in [6.45, 7) is 3.64. The van der Waals surface area contributed by atoms with Gasteiger partial charge in [0.1, 0.15) is 11.5 Å². The Morgan fingerprint density at radius 2 is 1.81 bits per heavy atom. The van der Waals surface area contributed by atoms with E-state index >= 15 is 0 Å². The van der Waals surface area contributed by atoms with Gasteiger partial charge >= 0.3 is 0 Å². The summed E-state index contributed by atoms with van der Waals surface area (Å²) in [5, 5.41) is 7.04. The van der Waals surface area contributed by atoms with Gasteiger partial charge in [0.2, 0.25) is 5.43 Å². The lowest BCUT2D eigenvalue weighted by Crippen LogP contribution is -2.26. The number of amides is 1. The smallest absolute Gasteiger partial charge is 0.280 e. The Labute approximate surface area is 179 Å². The van der Waals surface area contributed by atoms with Crippen LogP contribution in [0.1, 0.15) is 21.7 Å². The maximum Gasteiger partial charge on any atom is 0.280 e. The standard InChI is InChI=1S/C24H20N4O3/c1-16-13-18(10-11-22(16)31-20-9-6-12-25-15-20)26-24(30)23-21(29)14-17(2)28(27-23)19-7-4-3-5-8-19/h3-15H,1-2H3,(H,26,30). The second-order valence-electron chi connectivity index (χ2n) is 6.97. The molecule has 7 nitrogen and oxygen atoms in total. The molecular formula is C24H20N4O3. The fraction of sp³-hybridized carbons (Fsp3) is 0.0833. The van der Waals surface area contributed by atoms with E-state index in [4.69, 9.17) is 4.74 Å². The van der Waals surface area contributed by atoms with E-state index in [-0.39, 0.29) is 5.69 Å². The summed E-state index contributed by atoms with van der Waals surface area (Å²) in [4.78, 5) is 29.2. The summed E-state index contributed by atoms with van der Waals surface area (Å²) in [6, 6.07) is 19.6. The minimum atomic E-state index is -0.574. The van der Waals surface area contributed by atoms with Crippen LogP contribution in [0.25, 0.3) is 5.69 Å². The van der Waals surface area contributed by atoms with Crippen LogP contribution in [0.5, 0.6) is 11.5 Å². The summed E-state index contributed by atoms with van der Waals surface area (Å²) < 4.78 is 7.39. The van der Waals surface area contributed by atoms with E-state index in [2.05, 4.69) is 15.4 Å². The topological polar surface area (TPSA) is 86.1 Å². The number of carbonyl (C=O) groups excluding carboxylic acids is 1. The molecule has 154 valence electrons. The number of anilines is 1. The predicted molar refractivity (Wildman–Crippen MR) is 118 cm³/mol. The van der Waals surface area contributed by atoms with Crippen LogP contribution in [0.3, 0.4) is 0 Å². The van der Waals surface area contributed by atoms with Crippen LogP contribution >= 0.6 is 0 Å². The number of benzene rings is 2. The Hall–Kier alpha value is -4.26. The highest BCUT2D eigenvalue weighted by molar-refractivity contribution is 6.02. The summed E-state index contributed by atoms with van der Waals surface area (Å²) in [7, 11) is 0. The van der Waals surface area contributed by atoms with Gasteiger partial charge in [-0.05, 0) is 61.9 Å². The van der Waals surface area contributed by atoms with Gasteiger partial charge in [0, 0.05) is 23.6 Å². The third kappa shape index (κ3) is 4.51. The molecule has 31 heavy (non-hydrogen) atoms. The third-order valence-corrected chi connectivity index (χ3v) is 4.62. The number of rotatable bonds is 5. The van der Waals surface area contributed by atoms with Crippen LogP contribution < -0.4 is 15.5 Å². The number of pyridine rings is 1. The molecule has 0 unspecified atom stereocenters. The second-order valence-corrected chi connectivity index (χ2v) is 6.97. The van der Waals surface area contributed by atoms with E-state index in [1.54, 1.807) is 48.3 Å². The average molecular weight is 412 g/mol. The fourth-order valence-corrected chi connectivity index (χ4v) is 3.10. The fourth-order valence-electron chi connectivity index (χ4n) is 3.10. The number of para-hydroxylation sites is 1. The molecule has 0 fully saturated rings. The number of hydrogen-bond acceptors (Lipinski definition) is 5. The first-order chi connectivity index (χ1) is 15.0. The number of aryl methyl sites for hydroxylation is 2. The van der Waals surface area contributed by atoms with Crippen LogP contribution in [-0.2, 0) is 0 Å². The number of hydrogen-bond donors (Lipinski definition) is 1. The predicted octanol–water partition coefficient (Wildman–Crippen LogP) is 4.29. The molecule has 0 atom stereocenters. The Morgan fingerprint density at radius 1 is 1.00 bits per heavy atom. The number of ether oxygens (including phenoxy) is 1. The van der Waals surface area contributed by atoms with E-state index in [0.717, 1.165) is 11.3 Å². The van der Waals surface area contributed by atoms with Crippen molar-refractivity contribution in [3.8, 4) is 17.2 Å². The van der Waals surface area contributed by atoms with E-state index in [1.807, 2.05) is 43.3 Å². The largest absolute Gasteiger partial charge is 0.455 e. The summed E-state index contributed by atoms with van der Waals surface area (Å²) in [6.07, 6.45) is 3.29. The van der Waals surface area contributed by atoms with Crippen LogP contribution in [0, 0.1) is 13.8 Å². The van der Waals surface area contributed by atoms with Crippen molar-refractivity contribution in [3.05, 3.63) is 106 Å². The first-order valence-electron chi connectivity index (χ1n) is 9.67. The van der Waals surface area contributed by atoms with Crippen molar-refractivity contribution in [3.63, 3.8) is 0 Å². The molecule has 0 aliphatic carbocycles. The van der Waals surface area contributed by atoms with Crippen molar-refractivity contribution in [1.29, 1.82) is 0 Å². The van der Waals surface area contributed by atoms with Crippen molar-refractivity contribution >= 4 is 11.6 Å². The molecule has 0 spiro atoms. The molecule has 1 amide bonds. The molecule has 2 aromatic heterocycles. The Balaban J connectivity index is 1.57. The molecule has 0 aliphatic rings. The molecule has 0 bridgehead atoms. The molecule has 7 heteroatoms. The van der Waals surface area contributed by atoms with E-state index in [1.165, 1.54) is 6.07 Å². The number of nitrogens with one attached hydrogen (secondary N) is 1. The van der Waals surface area contributed by atoms with Crippen LogP contribution in [-0.4, -0.2) is 20.7 Å². The van der Waals surface area contributed by atoms with Gasteiger partial charge in [-0.2, -0.15) is 5.10 Å². The lowest BCUT2D eigenvalue weighted by molar-refractivity contribution is 0.101. The molecule has 4 rings (SSSR count). The Morgan fingerprint density at radius 3 is 2.52 bits per heavy atom. The van der Waals surface area contributed by atoms with Crippen LogP contribution in [0.2, 0.25) is 0 Å². The van der Waals surface area contributed by atoms with Gasteiger partial charge in [0.05, 0.1) is 11.9 Å². The summed E-state index contributed by atoms with van der Waals surface area (Å²) in [5.74, 6) is 0.689. The Bertz CT molecular complexity index is 1290. The van der Waals surface area contributed by atoms with Gasteiger partial charge in [-0.25, -0.2) is 4.68 Å². The molecule has 0 saturated heterocycles. The van der Waals surface area contributed by atoms with Gasteiger partial charge in [-0.3, -0.25) is 14.6 Å². The monoisotopic (exact) mass is 412 g/mol. The van der Waals surface area contributed by atoms with Crippen LogP contribution in [0.15, 0.2) is 83.9 Å². The van der Waals surface area contributed by atoms with Crippen LogP contribution in [0.4, 0.5) is 5.69 Å². The average Bonchev–Trinajstić information content (AvgIpc) is 2.77.